The van der Waals surface area contributed by atoms with Crippen molar-refractivity contribution in [1.82, 2.24) is 9.97 Å². The van der Waals surface area contributed by atoms with Crippen LogP contribution in [0.25, 0.3) is 98.5 Å². The van der Waals surface area contributed by atoms with Gasteiger partial charge in [-0.1, -0.05) is 159 Å². The lowest BCUT2D eigenvalue weighted by atomic mass is 9.81. The molecule has 2 heteroatoms. The van der Waals surface area contributed by atoms with Crippen molar-refractivity contribution in [1.29, 1.82) is 0 Å². The van der Waals surface area contributed by atoms with Gasteiger partial charge in [-0.05, 0) is 50.7 Å². The van der Waals surface area contributed by atoms with Crippen LogP contribution in [-0.2, 0) is 5.41 Å². The highest BCUT2D eigenvalue weighted by Gasteiger charge is 2.37. The van der Waals surface area contributed by atoms with Gasteiger partial charge < -0.3 is 0 Å². The lowest BCUT2D eigenvalue weighted by Gasteiger charge is -2.22. The third kappa shape index (κ3) is 3.93. The second kappa shape index (κ2) is 10.3. The van der Waals surface area contributed by atoms with E-state index in [1.54, 1.807) is 0 Å². The van der Waals surface area contributed by atoms with Crippen LogP contribution < -0.4 is 0 Å². The molecule has 0 spiro atoms. The molecule has 1 aliphatic rings. The van der Waals surface area contributed by atoms with Gasteiger partial charge >= 0.3 is 0 Å². The summed E-state index contributed by atoms with van der Waals surface area (Å²) in [5.74, 6) is 0. The highest BCUT2D eigenvalue weighted by molar-refractivity contribution is 6.22. The van der Waals surface area contributed by atoms with E-state index in [-0.39, 0.29) is 5.41 Å². The SMILES string of the molecule is CC1(C)c2ccccc2-c2c1ccc1c(-c3cccc(-c4c5ccc6ccccc6c5nc5c4ccc4ccccc45)c3)nc3ccccc3c21. The third-order valence-electron chi connectivity index (χ3n) is 11.4. The first-order chi connectivity index (χ1) is 25.1. The number of rotatable bonds is 2. The minimum absolute atomic E-state index is 0.0810. The normalized spacial score (nSPS) is 13.5. The monoisotopic (exact) mass is 648 g/mol. The maximum absolute atomic E-state index is 5.43. The van der Waals surface area contributed by atoms with Crippen molar-refractivity contribution in [2.45, 2.75) is 19.3 Å². The summed E-state index contributed by atoms with van der Waals surface area (Å²) < 4.78 is 0. The Morgan fingerprint density at radius 1 is 0.412 bits per heavy atom. The van der Waals surface area contributed by atoms with Crippen LogP contribution >= 0.6 is 0 Å². The molecule has 2 heterocycles. The molecule has 2 aromatic heterocycles. The van der Waals surface area contributed by atoms with Crippen molar-refractivity contribution >= 4 is 65.0 Å². The first kappa shape index (κ1) is 28.5. The van der Waals surface area contributed by atoms with E-state index in [9.17, 15) is 0 Å². The Hall–Kier alpha value is -6.38. The summed E-state index contributed by atoms with van der Waals surface area (Å²) in [5, 5.41) is 10.7. The Balaban J connectivity index is 1.23. The van der Waals surface area contributed by atoms with Crippen LogP contribution in [0, 0.1) is 0 Å². The molecule has 0 bridgehead atoms. The van der Waals surface area contributed by atoms with Gasteiger partial charge in [-0.3, -0.25) is 0 Å². The van der Waals surface area contributed by atoms with Crippen LogP contribution in [0.2, 0.25) is 0 Å². The van der Waals surface area contributed by atoms with E-state index in [0.29, 0.717) is 0 Å². The van der Waals surface area contributed by atoms with Gasteiger partial charge in [0.05, 0.1) is 22.2 Å². The highest BCUT2D eigenvalue weighted by atomic mass is 14.7. The van der Waals surface area contributed by atoms with Crippen LogP contribution in [-0.4, -0.2) is 9.97 Å². The van der Waals surface area contributed by atoms with Gasteiger partial charge in [0.25, 0.3) is 0 Å². The van der Waals surface area contributed by atoms with E-state index in [0.717, 1.165) is 44.1 Å². The van der Waals surface area contributed by atoms with Crippen LogP contribution in [0.5, 0.6) is 0 Å². The van der Waals surface area contributed by atoms with Gasteiger partial charge in [0, 0.05) is 54.2 Å². The van der Waals surface area contributed by atoms with E-state index >= 15 is 0 Å². The molecule has 0 saturated carbocycles. The van der Waals surface area contributed by atoms with E-state index in [2.05, 4.69) is 172 Å². The fraction of sp³-hybridized carbons (Fsp3) is 0.0612. The number of hydrogen-bond acceptors (Lipinski definition) is 2. The predicted octanol–water partition coefficient (Wildman–Crippen LogP) is 13.0. The maximum atomic E-state index is 5.43. The quantitative estimate of drug-likeness (QED) is 0.138. The molecule has 0 saturated heterocycles. The van der Waals surface area contributed by atoms with Gasteiger partial charge in [0.2, 0.25) is 0 Å². The zero-order chi connectivity index (χ0) is 33.8. The van der Waals surface area contributed by atoms with Crippen LogP contribution in [0.1, 0.15) is 25.0 Å². The largest absolute Gasteiger partial charge is 0.247 e. The van der Waals surface area contributed by atoms with E-state index < -0.39 is 0 Å². The fourth-order valence-electron chi connectivity index (χ4n) is 9.00. The Bertz CT molecular complexity index is 3020. The average Bonchev–Trinajstić information content (AvgIpc) is 3.42. The second-order valence-corrected chi connectivity index (χ2v) is 14.5. The van der Waals surface area contributed by atoms with Gasteiger partial charge in [-0.25, -0.2) is 9.97 Å². The molecule has 0 radical (unpaired) electrons. The summed E-state index contributed by atoms with van der Waals surface area (Å²) >= 11 is 0. The van der Waals surface area contributed by atoms with E-state index in [1.165, 1.54) is 65.5 Å². The molecule has 238 valence electrons. The van der Waals surface area contributed by atoms with E-state index in [1.807, 2.05) is 0 Å². The molecule has 0 unspecified atom stereocenters. The van der Waals surface area contributed by atoms with Crippen molar-refractivity contribution in [3.63, 3.8) is 0 Å². The number of benzene rings is 8. The molecule has 0 atom stereocenters. The van der Waals surface area contributed by atoms with Crippen LogP contribution in [0.15, 0.2) is 158 Å². The summed E-state index contributed by atoms with van der Waals surface area (Å²) in [6.45, 7) is 4.71. The van der Waals surface area contributed by atoms with Gasteiger partial charge in [-0.2, -0.15) is 0 Å². The van der Waals surface area contributed by atoms with Crippen LogP contribution in [0.4, 0.5) is 0 Å². The van der Waals surface area contributed by atoms with Gasteiger partial charge in [0.15, 0.2) is 0 Å². The molecule has 2 nitrogen and oxygen atoms in total. The summed E-state index contributed by atoms with van der Waals surface area (Å²) in [6.07, 6.45) is 0. The summed E-state index contributed by atoms with van der Waals surface area (Å²) in [7, 11) is 0. The van der Waals surface area contributed by atoms with Gasteiger partial charge in [-0.15, -0.1) is 0 Å². The average molecular weight is 649 g/mol. The minimum Gasteiger partial charge on any atom is -0.247 e. The first-order valence-electron chi connectivity index (χ1n) is 17.8. The topological polar surface area (TPSA) is 25.8 Å². The molecule has 1 aliphatic carbocycles. The summed E-state index contributed by atoms with van der Waals surface area (Å²) in [4.78, 5) is 10.8. The van der Waals surface area contributed by atoms with Crippen molar-refractivity contribution < 1.29 is 0 Å². The summed E-state index contributed by atoms with van der Waals surface area (Å²) in [6, 6.07) is 57.4. The fourth-order valence-corrected chi connectivity index (χ4v) is 9.00. The summed E-state index contributed by atoms with van der Waals surface area (Å²) in [5.41, 5.74) is 12.9. The molecule has 0 aliphatic heterocycles. The number of para-hydroxylation sites is 1. The smallest absolute Gasteiger partial charge is 0.0794 e. The van der Waals surface area contributed by atoms with Crippen LogP contribution in [0.3, 0.4) is 0 Å². The molecule has 51 heavy (non-hydrogen) atoms. The highest BCUT2D eigenvalue weighted by Crippen LogP contribution is 2.53. The molecule has 0 fully saturated rings. The number of nitrogens with zero attached hydrogens (tertiary/aromatic N) is 2. The molecular weight excluding hydrogens is 617 g/mol. The zero-order valence-corrected chi connectivity index (χ0v) is 28.4. The predicted molar refractivity (Wildman–Crippen MR) is 216 cm³/mol. The molecule has 0 amide bonds. The Kier molecular flexibility index (Phi) is 5.76. The second-order valence-electron chi connectivity index (χ2n) is 14.5. The molecular formula is C49H32N2. The van der Waals surface area contributed by atoms with Crippen molar-refractivity contribution in [3.8, 4) is 33.5 Å². The molecule has 8 aromatic carbocycles. The molecule has 10 aromatic rings. The Labute approximate surface area is 295 Å². The first-order valence-corrected chi connectivity index (χ1v) is 17.8. The maximum Gasteiger partial charge on any atom is 0.0794 e. The molecule has 0 N–H and O–H groups in total. The van der Waals surface area contributed by atoms with Crippen molar-refractivity contribution in [3.05, 3.63) is 169 Å². The Morgan fingerprint density at radius 3 is 1.76 bits per heavy atom. The van der Waals surface area contributed by atoms with Gasteiger partial charge in [0.1, 0.15) is 0 Å². The number of fused-ring (bicyclic) bond motifs is 13. The van der Waals surface area contributed by atoms with Crippen molar-refractivity contribution in [2.24, 2.45) is 0 Å². The lowest BCUT2D eigenvalue weighted by molar-refractivity contribution is 0.661. The Morgan fingerprint density at radius 2 is 1.02 bits per heavy atom. The number of aromatic nitrogens is 2. The molecule has 11 rings (SSSR count). The third-order valence-corrected chi connectivity index (χ3v) is 11.4. The minimum atomic E-state index is -0.0810. The van der Waals surface area contributed by atoms with E-state index in [4.69, 9.17) is 9.97 Å². The lowest BCUT2D eigenvalue weighted by Crippen LogP contribution is -2.14. The zero-order valence-electron chi connectivity index (χ0n) is 28.4. The number of pyridine rings is 2. The van der Waals surface area contributed by atoms with Crippen molar-refractivity contribution in [2.75, 3.05) is 0 Å². The number of hydrogen-bond donors (Lipinski definition) is 0. The standard InChI is InChI=1S/C49H32N2/c1-49(2)40-20-9-7-18-35(40)45-41(49)27-26-39-44(45)36-19-8-10-21-42(36)50-46(39)32-15-11-14-31(28-32)43-37-24-22-29-12-3-5-16-33(29)47(37)51-48-34-17-6-4-13-30(34)23-25-38(43)48/h3-28H,1-2H3.